The standard InChI is InChI=1S/C21H14Br4O4S/c1-10-14(7-12(22)8-16(10)23)19(13-5-3-4-6-18(13)30(27,28)29)15-9-17(24)21(26)20(25)11(15)2/h3-9H,1-2H3,(H,27,28,29)/b19-15-. The fraction of sp³-hybridized carbons (Fsp3) is 0.0952. The highest BCUT2D eigenvalue weighted by molar-refractivity contribution is 9.13. The molecule has 0 atom stereocenters. The van der Waals surface area contributed by atoms with Crippen molar-refractivity contribution in [3.63, 3.8) is 0 Å². The van der Waals surface area contributed by atoms with Crippen LogP contribution in [0.3, 0.4) is 0 Å². The molecule has 2 aromatic rings. The van der Waals surface area contributed by atoms with E-state index in [-0.39, 0.29) is 10.7 Å². The summed E-state index contributed by atoms with van der Waals surface area (Å²) >= 11 is 13.7. The van der Waals surface area contributed by atoms with E-state index in [1.807, 2.05) is 19.1 Å². The van der Waals surface area contributed by atoms with Gasteiger partial charge in [0.1, 0.15) is 4.90 Å². The number of carbonyl (C=O) groups excluding carboxylic acids is 1. The number of hydrogen-bond acceptors (Lipinski definition) is 3. The van der Waals surface area contributed by atoms with Gasteiger partial charge in [-0.15, -0.1) is 0 Å². The zero-order chi connectivity index (χ0) is 22.4. The topological polar surface area (TPSA) is 71.4 Å². The molecule has 156 valence electrons. The molecule has 0 heterocycles. The maximum Gasteiger partial charge on any atom is 0.295 e. The molecule has 0 radical (unpaired) electrons. The van der Waals surface area contributed by atoms with E-state index in [0.29, 0.717) is 31.2 Å². The summed E-state index contributed by atoms with van der Waals surface area (Å²) in [5, 5.41) is 0. The Bertz CT molecular complexity index is 1290. The Kier molecular flexibility index (Phi) is 7.11. The van der Waals surface area contributed by atoms with E-state index in [0.717, 1.165) is 20.1 Å². The van der Waals surface area contributed by atoms with Crippen molar-refractivity contribution in [2.45, 2.75) is 18.7 Å². The van der Waals surface area contributed by atoms with Crippen molar-refractivity contribution in [3.8, 4) is 0 Å². The van der Waals surface area contributed by atoms with Gasteiger partial charge >= 0.3 is 0 Å². The van der Waals surface area contributed by atoms with Gasteiger partial charge in [0.15, 0.2) is 0 Å². The van der Waals surface area contributed by atoms with E-state index in [9.17, 15) is 17.8 Å². The third-order valence-corrected chi connectivity index (χ3v) is 8.44. The number of carbonyl (C=O) groups is 1. The number of ketones is 1. The molecule has 9 heteroatoms. The quantitative estimate of drug-likeness (QED) is 0.351. The van der Waals surface area contributed by atoms with Crippen LogP contribution in [0.4, 0.5) is 0 Å². The highest BCUT2D eigenvalue weighted by atomic mass is 79.9. The van der Waals surface area contributed by atoms with Gasteiger partial charge in [-0.2, -0.15) is 8.42 Å². The maximum absolute atomic E-state index is 12.4. The molecule has 0 bridgehead atoms. The van der Waals surface area contributed by atoms with E-state index >= 15 is 0 Å². The van der Waals surface area contributed by atoms with Crippen molar-refractivity contribution >= 4 is 85.2 Å². The minimum atomic E-state index is -4.50. The Balaban J connectivity index is 2.57. The average molecular weight is 682 g/mol. The van der Waals surface area contributed by atoms with Gasteiger partial charge < -0.3 is 0 Å². The smallest absolute Gasteiger partial charge is 0.287 e. The summed E-state index contributed by atoms with van der Waals surface area (Å²) in [6.07, 6.45) is 1.67. The second-order valence-electron chi connectivity index (χ2n) is 6.58. The summed E-state index contributed by atoms with van der Waals surface area (Å²) in [5.74, 6) is -0.203. The maximum atomic E-state index is 12.4. The van der Waals surface area contributed by atoms with Crippen LogP contribution < -0.4 is 0 Å². The number of allylic oxidation sites excluding steroid dienone is 5. The van der Waals surface area contributed by atoms with Gasteiger partial charge in [-0.1, -0.05) is 50.1 Å². The van der Waals surface area contributed by atoms with Crippen LogP contribution in [0.1, 0.15) is 23.6 Å². The first-order valence-corrected chi connectivity index (χ1v) is 13.1. The average Bonchev–Trinajstić information content (AvgIpc) is 2.67. The molecular weight excluding hydrogens is 668 g/mol. The lowest BCUT2D eigenvalue weighted by Crippen LogP contribution is -2.11. The molecular formula is C21H14Br4O4S. The molecule has 4 nitrogen and oxygen atoms in total. The van der Waals surface area contributed by atoms with Gasteiger partial charge in [-0.25, -0.2) is 0 Å². The Labute approximate surface area is 208 Å². The molecule has 0 saturated carbocycles. The molecule has 0 unspecified atom stereocenters. The third-order valence-electron chi connectivity index (χ3n) is 4.70. The Morgan fingerprint density at radius 3 is 2.23 bits per heavy atom. The van der Waals surface area contributed by atoms with Gasteiger partial charge in [0.2, 0.25) is 5.78 Å². The van der Waals surface area contributed by atoms with Gasteiger partial charge in [0.05, 0.1) is 8.96 Å². The molecule has 0 spiro atoms. The number of hydrogen-bond donors (Lipinski definition) is 1. The van der Waals surface area contributed by atoms with E-state index in [2.05, 4.69) is 63.7 Å². The van der Waals surface area contributed by atoms with Gasteiger partial charge in [-0.3, -0.25) is 9.35 Å². The number of halogens is 4. The van der Waals surface area contributed by atoms with Crippen molar-refractivity contribution in [3.05, 3.63) is 88.2 Å². The van der Waals surface area contributed by atoms with Crippen molar-refractivity contribution in [1.29, 1.82) is 0 Å². The Morgan fingerprint density at radius 1 is 0.967 bits per heavy atom. The van der Waals surface area contributed by atoms with E-state index in [1.54, 1.807) is 31.2 Å². The second-order valence-corrected chi connectivity index (χ2v) is 11.4. The van der Waals surface area contributed by atoms with E-state index in [4.69, 9.17) is 0 Å². The molecule has 30 heavy (non-hydrogen) atoms. The fourth-order valence-electron chi connectivity index (χ4n) is 3.19. The molecule has 0 amide bonds. The second kappa shape index (κ2) is 8.96. The summed E-state index contributed by atoms with van der Waals surface area (Å²) in [6, 6.07) is 10.0. The Morgan fingerprint density at radius 2 is 1.60 bits per heavy atom. The molecule has 0 aliphatic heterocycles. The largest absolute Gasteiger partial charge is 0.295 e. The van der Waals surface area contributed by atoms with Gasteiger partial charge in [0, 0.05) is 14.5 Å². The Hall–Kier alpha value is -0.840. The van der Waals surface area contributed by atoms with Gasteiger partial charge in [0.25, 0.3) is 10.1 Å². The van der Waals surface area contributed by atoms with E-state index in [1.165, 1.54) is 6.07 Å². The molecule has 0 aromatic heterocycles. The van der Waals surface area contributed by atoms with Crippen molar-refractivity contribution in [2.75, 3.05) is 0 Å². The molecule has 0 fully saturated rings. The molecule has 1 N–H and O–H groups in total. The zero-order valence-corrected chi connectivity index (χ0v) is 22.8. The molecule has 1 aliphatic rings. The van der Waals surface area contributed by atoms with Crippen LogP contribution in [0.15, 0.2) is 76.4 Å². The molecule has 3 rings (SSSR count). The lowest BCUT2D eigenvalue weighted by molar-refractivity contribution is -0.111. The number of benzene rings is 2. The zero-order valence-electron chi connectivity index (χ0n) is 15.6. The SMILES string of the molecule is CC1=C(Br)C(=O)C(Br)=C/C1=C(\c1ccccc1S(=O)(=O)O)c1cc(Br)cc(Br)c1C. The number of rotatable bonds is 3. The molecule has 0 saturated heterocycles. The van der Waals surface area contributed by atoms with Crippen molar-refractivity contribution in [2.24, 2.45) is 0 Å². The lowest BCUT2D eigenvalue weighted by atomic mass is 9.85. The predicted molar refractivity (Wildman–Crippen MR) is 133 cm³/mol. The minimum absolute atomic E-state index is 0.203. The van der Waals surface area contributed by atoms with Crippen LogP contribution >= 0.6 is 63.7 Å². The van der Waals surface area contributed by atoms with Crippen LogP contribution in [-0.4, -0.2) is 18.8 Å². The third kappa shape index (κ3) is 4.52. The highest BCUT2D eigenvalue weighted by Gasteiger charge is 2.28. The first kappa shape index (κ1) is 23.8. The van der Waals surface area contributed by atoms with Crippen molar-refractivity contribution in [1.82, 2.24) is 0 Å². The summed E-state index contributed by atoms with van der Waals surface area (Å²) in [5.41, 5.74) is 3.82. The first-order chi connectivity index (χ1) is 13.9. The fourth-order valence-corrected chi connectivity index (χ4v) is 6.24. The van der Waals surface area contributed by atoms with Crippen LogP contribution in [0, 0.1) is 6.92 Å². The summed E-state index contributed by atoms with van der Waals surface area (Å²) in [7, 11) is -4.50. The van der Waals surface area contributed by atoms with Crippen LogP contribution in [0.25, 0.3) is 5.57 Å². The normalized spacial score (nSPS) is 16.6. The highest BCUT2D eigenvalue weighted by Crippen LogP contribution is 2.43. The number of Topliss-reactive ketones (excluding diaryl/α,β-unsaturated/α-hetero) is 1. The predicted octanol–water partition coefficient (Wildman–Crippen LogP) is 7.10. The molecule has 1 aliphatic carbocycles. The summed E-state index contributed by atoms with van der Waals surface area (Å²) in [6.45, 7) is 3.69. The van der Waals surface area contributed by atoms with Crippen LogP contribution in [-0.2, 0) is 14.9 Å². The van der Waals surface area contributed by atoms with E-state index < -0.39 is 10.1 Å². The van der Waals surface area contributed by atoms with Gasteiger partial charge in [-0.05, 0) is 97.8 Å². The first-order valence-electron chi connectivity index (χ1n) is 8.49. The summed E-state index contributed by atoms with van der Waals surface area (Å²) in [4.78, 5) is 12.2. The summed E-state index contributed by atoms with van der Waals surface area (Å²) < 4.78 is 36.5. The molecule has 2 aromatic carbocycles. The lowest BCUT2D eigenvalue weighted by Gasteiger charge is -2.22. The van der Waals surface area contributed by atoms with Crippen LogP contribution in [0.5, 0.6) is 0 Å². The van der Waals surface area contributed by atoms with Crippen LogP contribution in [0.2, 0.25) is 0 Å². The monoisotopic (exact) mass is 678 g/mol. The minimum Gasteiger partial charge on any atom is -0.287 e. The van der Waals surface area contributed by atoms with Crippen molar-refractivity contribution < 1.29 is 17.8 Å².